The molecular weight excluding hydrogens is 400 g/mol. The van der Waals surface area contributed by atoms with Gasteiger partial charge in [0.05, 0.1) is 7.11 Å². The van der Waals surface area contributed by atoms with Crippen LogP contribution < -0.4 is 15.5 Å². The Bertz CT molecular complexity index is 916. The molecule has 0 bridgehead atoms. The second kappa shape index (κ2) is 13.7. The Morgan fingerprint density at radius 2 is 1.59 bits per heavy atom. The molecule has 32 heavy (non-hydrogen) atoms. The first-order valence-electron chi connectivity index (χ1n) is 11.4. The van der Waals surface area contributed by atoms with Crippen molar-refractivity contribution in [2.75, 3.05) is 20.7 Å². The number of hydrogen-bond acceptors (Lipinski definition) is 6. The molecule has 3 aromatic rings. The SMILES string of the molecule is CCC(Cc1ccc2cc(OC)ccc2c1)CN(C)C(CC)CC.NOc1ncccn1. The topological polar surface area (TPSA) is 73.5 Å². The second-order valence-electron chi connectivity index (χ2n) is 8.08. The van der Waals surface area contributed by atoms with Gasteiger partial charge in [-0.1, -0.05) is 51.5 Å². The van der Waals surface area contributed by atoms with Gasteiger partial charge in [0.2, 0.25) is 0 Å². The van der Waals surface area contributed by atoms with Crippen molar-refractivity contribution in [3.63, 3.8) is 0 Å². The monoisotopic (exact) mass is 438 g/mol. The van der Waals surface area contributed by atoms with E-state index >= 15 is 0 Å². The number of benzene rings is 2. The Morgan fingerprint density at radius 3 is 2.16 bits per heavy atom. The Hall–Kier alpha value is -2.70. The number of methoxy groups -OCH3 is 1. The van der Waals surface area contributed by atoms with Gasteiger partial charge in [-0.25, -0.2) is 9.97 Å². The molecule has 1 heterocycles. The average Bonchev–Trinajstić information content (AvgIpc) is 2.84. The summed E-state index contributed by atoms with van der Waals surface area (Å²) < 4.78 is 5.32. The molecule has 0 aliphatic carbocycles. The third kappa shape index (κ3) is 7.77. The summed E-state index contributed by atoms with van der Waals surface area (Å²) in [7, 11) is 4.00. The van der Waals surface area contributed by atoms with Gasteiger partial charge in [0.1, 0.15) is 5.75 Å². The molecule has 0 radical (unpaired) electrons. The summed E-state index contributed by atoms with van der Waals surface area (Å²) in [6, 6.07) is 15.7. The molecular formula is C26H38N4O2. The fourth-order valence-corrected chi connectivity index (χ4v) is 4.01. The summed E-state index contributed by atoms with van der Waals surface area (Å²) in [5.41, 5.74) is 1.44. The molecule has 6 nitrogen and oxygen atoms in total. The normalized spacial score (nSPS) is 11.9. The number of aromatic nitrogens is 2. The second-order valence-corrected chi connectivity index (χ2v) is 8.08. The van der Waals surface area contributed by atoms with Crippen molar-refractivity contribution in [2.45, 2.75) is 52.5 Å². The first-order valence-corrected chi connectivity index (χ1v) is 11.4. The van der Waals surface area contributed by atoms with Crippen LogP contribution in [0.5, 0.6) is 11.8 Å². The van der Waals surface area contributed by atoms with Gasteiger partial charge in [0.15, 0.2) is 0 Å². The van der Waals surface area contributed by atoms with E-state index in [2.05, 4.69) is 77.9 Å². The number of nitrogens with two attached hydrogens (primary N) is 1. The zero-order chi connectivity index (χ0) is 23.3. The van der Waals surface area contributed by atoms with Crippen molar-refractivity contribution in [2.24, 2.45) is 11.8 Å². The lowest BCUT2D eigenvalue weighted by atomic mass is 9.94. The Labute approximate surface area is 192 Å². The highest BCUT2D eigenvalue weighted by molar-refractivity contribution is 5.84. The summed E-state index contributed by atoms with van der Waals surface area (Å²) in [5, 5.41) is 2.55. The van der Waals surface area contributed by atoms with Crippen LogP contribution in [0.15, 0.2) is 54.9 Å². The highest BCUT2D eigenvalue weighted by Gasteiger charge is 2.16. The van der Waals surface area contributed by atoms with Crippen LogP contribution >= 0.6 is 0 Å². The Kier molecular flexibility index (Phi) is 10.9. The van der Waals surface area contributed by atoms with Crippen molar-refractivity contribution < 1.29 is 9.57 Å². The van der Waals surface area contributed by atoms with Gasteiger partial charge in [-0.2, -0.15) is 5.90 Å². The molecule has 0 fully saturated rings. The van der Waals surface area contributed by atoms with Gasteiger partial charge >= 0.3 is 6.01 Å². The molecule has 0 amide bonds. The summed E-state index contributed by atoms with van der Waals surface area (Å²) in [5.74, 6) is 6.36. The van der Waals surface area contributed by atoms with E-state index in [1.54, 1.807) is 25.6 Å². The van der Waals surface area contributed by atoms with E-state index in [1.165, 1.54) is 42.1 Å². The van der Waals surface area contributed by atoms with Crippen LogP contribution in [0.1, 0.15) is 45.6 Å². The zero-order valence-corrected chi connectivity index (χ0v) is 20.1. The first kappa shape index (κ1) is 25.6. The van der Waals surface area contributed by atoms with Crippen LogP contribution in [0.25, 0.3) is 10.8 Å². The van der Waals surface area contributed by atoms with Crippen LogP contribution in [-0.2, 0) is 6.42 Å². The molecule has 6 heteroatoms. The maximum absolute atomic E-state index is 5.32. The van der Waals surface area contributed by atoms with Crippen molar-refractivity contribution >= 4 is 10.8 Å². The maximum atomic E-state index is 5.32. The van der Waals surface area contributed by atoms with E-state index in [0.29, 0.717) is 12.0 Å². The lowest BCUT2D eigenvalue weighted by Gasteiger charge is -2.30. The van der Waals surface area contributed by atoms with Crippen molar-refractivity contribution in [1.82, 2.24) is 14.9 Å². The fraction of sp³-hybridized carbons (Fsp3) is 0.462. The summed E-state index contributed by atoms with van der Waals surface area (Å²) in [6.07, 6.45) is 7.96. The van der Waals surface area contributed by atoms with Gasteiger partial charge in [0.25, 0.3) is 0 Å². The number of rotatable bonds is 10. The molecule has 2 aromatic carbocycles. The van der Waals surface area contributed by atoms with E-state index in [4.69, 9.17) is 10.6 Å². The standard InChI is InChI=1S/C22H33NO.C4H5N3O/c1-6-17(16-23(4)21(7-2)8-3)13-18-9-10-20-15-22(24-5)12-11-19(20)14-18;5-8-4-6-2-1-3-7-4/h9-12,14-15,17,21H,6-8,13,16H2,1-5H3;1-3H,5H2. The average molecular weight is 439 g/mol. The minimum absolute atomic E-state index is 0.188. The quantitative estimate of drug-likeness (QED) is 0.435. The van der Waals surface area contributed by atoms with Crippen LogP contribution in [0.2, 0.25) is 0 Å². The molecule has 1 unspecified atom stereocenters. The number of nitrogens with zero attached hydrogens (tertiary/aromatic N) is 3. The van der Waals surface area contributed by atoms with E-state index in [0.717, 1.165) is 12.2 Å². The molecule has 0 aliphatic rings. The van der Waals surface area contributed by atoms with Crippen LogP contribution in [0.3, 0.4) is 0 Å². The minimum Gasteiger partial charge on any atom is -0.497 e. The van der Waals surface area contributed by atoms with Gasteiger partial charge < -0.3 is 14.5 Å². The highest BCUT2D eigenvalue weighted by atomic mass is 16.6. The third-order valence-corrected chi connectivity index (χ3v) is 5.97. The first-order chi connectivity index (χ1) is 15.5. The van der Waals surface area contributed by atoms with Gasteiger partial charge in [-0.15, -0.1) is 0 Å². The van der Waals surface area contributed by atoms with Gasteiger partial charge in [0, 0.05) is 25.0 Å². The molecule has 1 atom stereocenters. The number of ether oxygens (including phenoxy) is 1. The molecule has 0 saturated carbocycles. The highest BCUT2D eigenvalue weighted by Crippen LogP contribution is 2.24. The largest absolute Gasteiger partial charge is 0.497 e. The lowest BCUT2D eigenvalue weighted by Crippen LogP contribution is -2.35. The van der Waals surface area contributed by atoms with Crippen molar-refractivity contribution in [3.05, 3.63) is 60.4 Å². The maximum Gasteiger partial charge on any atom is 0.335 e. The third-order valence-electron chi connectivity index (χ3n) is 5.97. The molecule has 0 spiro atoms. The van der Waals surface area contributed by atoms with Crippen molar-refractivity contribution in [3.8, 4) is 11.8 Å². The summed E-state index contributed by atoms with van der Waals surface area (Å²) in [6.45, 7) is 8.09. The molecule has 3 rings (SSSR count). The predicted molar refractivity (Wildman–Crippen MR) is 132 cm³/mol. The minimum atomic E-state index is 0.188. The fourth-order valence-electron chi connectivity index (χ4n) is 4.01. The van der Waals surface area contributed by atoms with E-state index in [-0.39, 0.29) is 6.01 Å². The van der Waals surface area contributed by atoms with E-state index in [1.807, 2.05) is 6.07 Å². The van der Waals surface area contributed by atoms with Crippen LogP contribution in [0, 0.1) is 5.92 Å². The van der Waals surface area contributed by atoms with Gasteiger partial charge in [-0.05, 0) is 66.8 Å². The molecule has 2 N–H and O–H groups in total. The molecule has 0 aliphatic heterocycles. The predicted octanol–water partition coefficient (Wildman–Crippen LogP) is 5.27. The molecule has 0 saturated heterocycles. The zero-order valence-electron chi connectivity index (χ0n) is 20.1. The van der Waals surface area contributed by atoms with Crippen LogP contribution in [-0.4, -0.2) is 41.6 Å². The smallest absolute Gasteiger partial charge is 0.335 e. The Morgan fingerprint density at radius 1 is 0.938 bits per heavy atom. The summed E-state index contributed by atoms with van der Waals surface area (Å²) >= 11 is 0. The summed E-state index contributed by atoms with van der Waals surface area (Å²) in [4.78, 5) is 14.0. The van der Waals surface area contributed by atoms with Crippen molar-refractivity contribution in [1.29, 1.82) is 0 Å². The van der Waals surface area contributed by atoms with E-state index in [9.17, 15) is 0 Å². The van der Waals surface area contributed by atoms with E-state index < -0.39 is 0 Å². The van der Waals surface area contributed by atoms with Crippen LogP contribution in [0.4, 0.5) is 0 Å². The molecule has 174 valence electrons. The number of fused-ring (bicyclic) bond motifs is 1. The number of hydrogen-bond donors (Lipinski definition) is 1. The van der Waals surface area contributed by atoms with Gasteiger partial charge in [-0.3, -0.25) is 0 Å². The molecule has 1 aromatic heterocycles. The lowest BCUT2D eigenvalue weighted by molar-refractivity contribution is 0.192. The Balaban J connectivity index is 0.000000380.